The number of halogens is 1. The summed E-state index contributed by atoms with van der Waals surface area (Å²) in [5.41, 5.74) is 0.419. The molecule has 2 heterocycles. The van der Waals surface area contributed by atoms with Gasteiger partial charge in [0.2, 0.25) is 5.91 Å². The van der Waals surface area contributed by atoms with E-state index in [2.05, 4.69) is 35.4 Å². The normalized spacial score (nSPS) is 11.1. The standard InChI is InChI=1S/C20H23FN4OS2/c1-14(2)12-25-19(16-7-3-4-8-17(16)21)23-24-20(25)28-13-18(26)22-10-9-15-6-5-11-27-15/h3-8,11,14H,9-10,12-13H2,1-2H3,(H,22,26). The molecule has 0 atom stereocenters. The first-order valence-electron chi connectivity index (χ1n) is 9.14. The zero-order chi connectivity index (χ0) is 19.9. The van der Waals surface area contributed by atoms with Crippen LogP contribution < -0.4 is 5.32 Å². The lowest BCUT2D eigenvalue weighted by Crippen LogP contribution is -2.27. The maximum absolute atomic E-state index is 14.2. The van der Waals surface area contributed by atoms with E-state index in [4.69, 9.17) is 0 Å². The van der Waals surface area contributed by atoms with Crippen LogP contribution in [0, 0.1) is 11.7 Å². The Morgan fingerprint density at radius 3 is 2.79 bits per heavy atom. The zero-order valence-electron chi connectivity index (χ0n) is 15.9. The number of rotatable bonds is 9. The molecule has 0 aliphatic heterocycles. The summed E-state index contributed by atoms with van der Waals surface area (Å²) in [7, 11) is 0. The molecule has 0 saturated heterocycles. The molecule has 0 fully saturated rings. The van der Waals surface area contributed by atoms with E-state index >= 15 is 0 Å². The molecule has 0 saturated carbocycles. The maximum atomic E-state index is 14.2. The van der Waals surface area contributed by atoms with E-state index in [0.29, 0.717) is 35.6 Å². The Balaban J connectivity index is 1.64. The monoisotopic (exact) mass is 418 g/mol. The Morgan fingerprint density at radius 1 is 1.25 bits per heavy atom. The van der Waals surface area contributed by atoms with Crippen molar-refractivity contribution in [3.8, 4) is 11.4 Å². The predicted octanol–water partition coefficient (Wildman–Crippen LogP) is 4.25. The van der Waals surface area contributed by atoms with Crippen LogP contribution in [0.15, 0.2) is 46.9 Å². The number of carbonyl (C=O) groups excluding carboxylic acids is 1. The van der Waals surface area contributed by atoms with Crippen molar-refractivity contribution in [3.05, 3.63) is 52.5 Å². The number of nitrogens with zero attached hydrogens (tertiary/aromatic N) is 3. The lowest BCUT2D eigenvalue weighted by atomic mass is 10.2. The molecule has 0 spiro atoms. The van der Waals surface area contributed by atoms with Gasteiger partial charge in [0.05, 0.1) is 11.3 Å². The molecule has 3 aromatic rings. The van der Waals surface area contributed by atoms with Crippen LogP contribution in [0.3, 0.4) is 0 Å². The van der Waals surface area contributed by atoms with Crippen LogP contribution in [0.25, 0.3) is 11.4 Å². The van der Waals surface area contributed by atoms with Gasteiger partial charge in [0.1, 0.15) is 5.82 Å². The molecule has 5 nitrogen and oxygen atoms in total. The number of aromatic nitrogens is 3. The first-order valence-corrected chi connectivity index (χ1v) is 11.0. The lowest BCUT2D eigenvalue weighted by Gasteiger charge is -2.13. The van der Waals surface area contributed by atoms with Crippen molar-refractivity contribution < 1.29 is 9.18 Å². The van der Waals surface area contributed by atoms with Crippen molar-refractivity contribution in [2.75, 3.05) is 12.3 Å². The molecule has 0 bridgehead atoms. The molecule has 1 N–H and O–H groups in total. The van der Waals surface area contributed by atoms with Crippen LogP contribution in [0.2, 0.25) is 0 Å². The van der Waals surface area contributed by atoms with Crippen LogP contribution in [-0.4, -0.2) is 33.0 Å². The third-order valence-electron chi connectivity index (χ3n) is 3.99. The van der Waals surface area contributed by atoms with E-state index in [9.17, 15) is 9.18 Å². The largest absolute Gasteiger partial charge is 0.355 e. The number of thiophene rings is 1. The third kappa shape index (κ3) is 5.42. The van der Waals surface area contributed by atoms with Gasteiger partial charge in [-0.3, -0.25) is 4.79 Å². The highest BCUT2D eigenvalue weighted by molar-refractivity contribution is 7.99. The first-order chi connectivity index (χ1) is 13.5. The smallest absolute Gasteiger partial charge is 0.230 e. The lowest BCUT2D eigenvalue weighted by molar-refractivity contribution is -0.118. The Morgan fingerprint density at radius 2 is 2.07 bits per heavy atom. The van der Waals surface area contributed by atoms with Crippen LogP contribution in [0.5, 0.6) is 0 Å². The van der Waals surface area contributed by atoms with Crippen molar-refractivity contribution in [1.82, 2.24) is 20.1 Å². The molecule has 0 aliphatic carbocycles. The van der Waals surface area contributed by atoms with Crippen molar-refractivity contribution >= 4 is 29.0 Å². The number of amides is 1. The number of carbonyl (C=O) groups is 1. The summed E-state index contributed by atoms with van der Waals surface area (Å²) < 4.78 is 16.1. The van der Waals surface area contributed by atoms with Gasteiger partial charge in [0.15, 0.2) is 11.0 Å². The van der Waals surface area contributed by atoms with E-state index in [0.717, 1.165) is 6.42 Å². The van der Waals surface area contributed by atoms with Gasteiger partial charge < -0.3 is 9.88 Å². The first kappa shape index (κ1) is 20.5. The van der Waals surface area contributed by atoms with Gasteiger partial charge in [-0.2, -0.15) is 0 Å². The molecular formula is C20H23FN4OS2. The molecule has 1 aromatic carbocycles. The zero-order valence-corrected chi connectivity index (χ0v) is 17.5. The Labute approximate surface area is 172 Å². The van der Waals surface area contributed by atoms with Gasteiger partial charge in [-0.25, -0.2) is 4.39 Å². The van der Waals surface area contributed by atoms with Crippen LogP contribution in [0.4, 0.5) is 4.39 Å². The van der Waals surface area contributed by atoms with E-state index in [1.54, 1.807) is 29.5 Å². The summed E-state index contributed by atoms with van der Waals surface area (Å²) in [4.78, 5) is 13.4. The molecular weight excluding hydrogens is 395 g/mol. The molecule has 2 aromatic heterocycles. The second kappa shape index (κ2) is 9.84. The van der Waals surface area contributed by atoms with Crippen molar-refractivity contribution in [2.45, 2.75) is 32.0 Å². The van der Waals surface area contributed by atoms with Crippen molar-refractivity contribution in [2.24, 2.45) is 5.92 Å². The van der Waals surface area contributed by atoms with Gasteiger partial charge in [0.25, 0.3) is 0 Å². The van der Waals surface area contributed by atoms with Gasteiger partial charge in [-0.05, 0) is 35.9 Å². The highest BCUT2D eigenvalue weighted by Gasteiger charge is 2.18. The van der Waals surface area contributed by atoms with Gasteiger partial charge in [0, 0.05) is 18.0 Å². The molecule has 0 radical (unpaired) electrons. The minimum absolute atomic E-state index is 0.0481. The van der Waals surface area contributed by atoms with Gasteiger partial charge >= 0.3 is 0 Å². The van der Waals surface area contributed by atoms with E-state index in [-0.39, 0.29) is 17.5 Å². The number of nitrogens with one attached hydrogen (secondary N) is 1. The van der Waals surface area contributed by atoms with Gasteiger partial charge in [-0.1, -0.05) is 43.8 Å². The van der Waals surface area contributed by atoms with Crippen LogP contribution in [-0.2, 0) is 17.8 Å². The predicted molar refractivity (Wildman–Crippen MR) is 112 cm³/mol. The highest BCUT2D eigenvalue weighted by Crippen LogP contribution is 2.26. The molecule has 148 valence electrons. The molecule has 0 aliphatic rings. The Hall–Kier alpha value is -2.19. The summed E-state index contributed by atoms with van der Waals surface area (Å²) in [6.45, 7) is 5.42. The summed E-state index contributed by atoms with van der Waals surface area (Å²) in [5.74, 6) is 0.696. The molecule has 28 heavy (non-hydrogen) atoms. The fourth-order valence-corrected chi connectivity index (χ4v) is 4.21. The number of hydrogen-bond donors (Lipinski definition) is 1. The van der Waals surface area contributed by atoms with E-state index in [1.807, 2.05) is 16.0 Å². The quantitative estimate of drug-likeness (QED) is 0.528. The highest BCUT2D eigenvalue weighted by atomic mass is 32.2. The van der Waals surface area contributed by atoms with Crippen LogP contribution in [0.1, 0.15) is 18.7 Å². The number of thioether (sulfide) groups is 1. The van der Waals surface area contributed by atoms with E-state index in [1.165, 1.54) is 22.7 Å². The number of hydrogen-bond acceptors (Lipinski definition) is 5. The second-order valence-electron chi connectivity index (χ2n) is 6.76. The second-order valence-corrected chi connectivity index (χ2v) is 8.73. The summed E-state index contributed by atoms with van der Waals surface area (Å²) in [5, 5.41) is 14.0. The average molecular weight is 419 g/mol. The number of benzene rings is 1. The molecule has 3 rings (SSSR count). The Kier molecular flexibility index (Phi) is 7.22. The summed E-state index contributed by atoms with van der Waals surface area (Å²) in [6, 6.07) is 10.6. The SMILES string of the molecule is CC(C)Cn1c(SCC(=O)NCCc2cccs2)nnc1-c1ccccc1F. The fraction of sp³-hybridized carbons (Fsp3) is 0.350. The van der Waals surface area contributed by atoms with Gasteiger partial charge in [-0.15, -0.1) is 21.5 Å². The minimum Gasteiger partial charge on any atom is -0.355 e. The minimum atomic E-state index is -0.331. The summed E-state index contributed by atoms with van der Waals surface area (Å²) in [6.07, 6.45) is 0.828. The summed E-state index contributed by atoms with van der Waals surface area (Å²) >= 11 is 3.01. The molecule has 1 amide bonds. The van der Waals surface area contributed by atoms with Crippen LogP contribution >= 0.6 is 23.1 Å². The third-order valence-corrected chi connectivity index (χ3v) is 5.89. The van der Waals surface area contributed by atoms with E-state index < -0.39 is 0 Å². The molecule has 0 unspecified atom stereocenters. The maximum Gasteiger partial charge on any atom is 0.230 e. The Bertz CT molecular complexity index is 909. The fourth-order valence-electron chi connectivity index (χ4n) is 2.73. The van der Waals surface area contributed by atoms with Crippen molar-refractivity contribution in [1.29, 1.82) is 0 Å². The molecule has 8 heteroatoms. The average Bonchev–Trinajstić information content (AvgIpc) is 3.30. The van der Waals surface area contributed by atoms with Crippen molar-refractivity contribution in [3.63, 3.8) is 0 Å². The topological polar surface area (TPSA) is 59.8 Å².